The number of benzene rings is 8. The summed E-state index contributed by atoms with van der Waals surface area (Å²) in [6, 6.07) is 58.9. The van der Waals surface area contributed by atoms with Gasteiger partial charge < -0.3 is 0 Å². The topological polar surface area (TPSA) is 43.6 Å². The minimum atomic E-state index is 0.842. The van der Waals surface area contributed by atoms with Crippen molar-refractivity contribution in [1.82, 2.24) is 19.5 Å². The predicted octanol–water partition coefficient (Wildman–Crippen LogP) is 14.5. The molecular formula is C51H28N4S2. The molecule has 0 bridgehead atoms. The number of rotatable bonds is 3. The lowest BCUT2D eigenvalue weighted by Crippen LogP contribution is -2.03. The predicted molar refractivity (Wildman–Crippen MR) is 243 cm³/mol. The molecule has 0 unspecified atom stereocenters. The Balaban J connectivity index is 1.17. The van der Waals surface area contributed by atoms with Crippen LogP contribution in [0.15, 0.2) is 170 Å². The SMILES string of the molecule is c1ccc(-c2nc3sc4ccccc4c3nc2-n2c3ccccc3c3c4ccccc4c4c5ccc6cc(-c7cc8ccccc8cn7)ccc6c5sc4c32)cc1. The van der Waals surface area contributed by atoms with Gasteiger partial charge in [0.2, 0.25) is 0 Å². The largest absolute Gasteiger partial charge is 0.290 e. The van der Waals surface area contributed by atoms with Crippen molar-refractivity contribution in [2.75, 3.05) is 0 Å². The molecule has 0 radical (unpaired) electrons. The molecule has 5 aromatic heterocycles. The van der Waals surface area contributed by atoms with Crippen LogP contribution in [-0.2, 0) is 0 Å². The third kappa shape index (κ3) is 4.45. The van der Waals surface area contributed by atoms with Crippen molar-refractivity contribution in [2.24, 2.45) is 0 Å². The zero-order valence-corrected chi connectivity index (χ0v) is 31.9. The van der Waals surface area contributed by atoms with E-state index < -0.39 is 0 Å². The molecule has 0 saturated carbocycles. The van der Waals surface area contributed by atoms with Crippen LogP contribution in [-0.4, -0.2) is 19.5 Å². The first-order valence-electron chi connectivity index (χ1n) is 19.1. The Hall–Kier alpha value is -6.99. The molecule has 0 amide bonds. The lowest BCUT2D eigenvalue weighted by atomic mass is 9.97. The fourth-order valence-electron chi connectivity index (χ4n) is 9.04. The molecule has 264 valence electrons. The Morgan fingerprint density at radius 2 is 1.18 bits per heavy atom. The highest BCUT2D eigenvalue weighted by Gasteiger charge is 2.26. The van der Waals surface area contributed by atoms with Gasteiger partial charge in [-0.3, -0.25) is 9.55 Å². The van der Waals surface area contributed by atoms with Crippen molar-refractivity contribution in [3.8, 4) is 28.3 Å². The molecule has 0 aliphatic heterocycles. The van der Waals surface area contributed by atoms with Gasteiger partial charge in [0.25, 0.3) is 0 Å². The molecule has 4 nitrogen and oxygen atoms in total. The summed E-state index contributed by atoms with van der Waals surface area (Å²) in [6.45, 7) is 0. The van der Waals surface area contributed by atoms with Crippen molar-refractivity contribution in [2.45, 2.75) is 0 Å². The summed E-state index contributed by atoms with van der Waals surface area (Å²) in [5.74, 6) is 0.842. The third-order valence-corrected chi connectivity index (χ3v) is 13.9. The summed E-state index contributed by atoms with van der Waals surface area (Å²) in [5, 5.41) is 13.4. The molecule has 0 atom stereocenters. The van der Waals surface area contributed by atoms with Crippen molar-refractivity contribution < 1.29 is 0 Å². The molecule has 0 aliphatic carbocycles. The van der Waals surface area contributed by atoms with Gasteiger partial charge in [0.05, 0.1) is 21.4 Å². The number of hydrogen-bond donors (Lipinski definition) is 0. The quantitative estimate of drug-likeness (QED) is 0.180. The maximum Gasteiger partial charge on any atom is 0.165 e. The van der Waals surface area contributed by atoms with Crippen LogP contribution in [0.4, 0.5) is 0 Å². The normalized spacial score (nSPS) is 12.2. The van der Waals surface area contributed by atoms with E-state index in [4.69, 9.17) is 15.0 Å². The van der Waals surface area contributed by atoms with Crippen molar-refractivity contribution in [3.05, 3.63) is 170 Å². The molecule has 0 aliphatic rings. The van der Waals surface area contributed by atoms with E-state index in [0.717, 1.165) is 55.0 Å². The first-order chi connectivity index (χ1) is 28.3. The average molecular weight is 761 g/mol. The molecule has 0 N–H and O–H groups in total. The van der Waals surface area contributed by atoms with Crippen LogP contribution in [0.25, 0.3) is 123 Å². The van der Waals surface area contributed by atoms with Crippen LogP contribution in [0.5, 0.6) is 0 Å². The number of fused-ring (bicyclic) bond motifs is 16. The third-order valence-electron chi connectivity index (χ3n) is 11.6. The summed E-state index contributed by atoms with van der Waals surface area (Å²) < 4.78 is 6.14. The van der Waals surface area contributed by atoms with E-state index in [2.05, 4.69) is 168 Å². The summed E-state index contributed by atoms with van der Waals surface area (Å²) in [4.78, 5) is 16.9. The van der Waals surface area contributed by atoms with E-state index in [9.17, 15) is 0 Å². The minimum absolute atomic E-state index is 0.842. The Labute approximate surface area is 333 Å². The summed E-state index contributed by atoms with van der Waals surface area (Å²) in [5.41, 5.74) is 7.24. The second-order valence-electron chi connectivity index (χ2n) is 14.7. The van der Waals surface area contributed by atoms with Crippen LogP contribution < -0.4 is 0 Å². The van der Waals surface area contributed by atoms with E-state index in [1.807, 2.05) is 17.5 Å². The molecule has 0 spiro atoms. The smallest absolute Gasteiger partial charge is 0.165 e. The lowest BCUT2D eigenvalue weighted by Gasteiger charge is -2.13. The molecule has 13 rings (SSSR count). The Morgan fingerprint density at radius 3 is 2.05 bits per heavy atom. The molecule has 0 fully saturated rings. The van der Waals surface area contributed by atoms with Crippen molar-refractivity contribution in [1.29, 1.82) is 0 Å². The molecule has 13 aromatic rings. The van der Waals surface area contributed by atoms with Crippen LogP contribution in [0.1, 0.15) is 0 Å². The van der Waals surface area contributed by atoms with Gasteiger partial charge in [0.1, 0.15) is 16.0 Å². The van der Waals surface area contributed by atoms with Gasteiger partial charge in [-0.25, -0.2) is 9.97 Å². The number of pyridine rings is 1. The summed E-state index contributed by atoms with van der Waals surface area (Å²) in [7, 11) is 0. The number of hydrogen-bond acceptors (Lipinski definition) is 5. The minimum Gasteiger partial charge on any atom is -0.290 e. The monoisotopic (exact) mass is 760 g/mol. The van der Waals surface area contributed by atoms with E-state index in [-0.39, 0.29) is 0 Å². The van der Waals surface area contributed by atoms with Gasteiger partial charge in [0, 0.05) is 59.0 Å². The maximum absolute atomic E-state index is 5.64. The molecule has 57 heavy (non-hydrogen) atoms. The van der Waals surface area contributed by atoms with E-state index in [0.29, 0.717) is 0 Å². The van der Waals surface area contributed by atoms with E-state index in [1.165, 1.54) is 68.1 Å². The van der Waals surface area contributed by atoms with Gasteiger partial charge in [-0.05, 0) is 51.2 Å². The average Bonchev–Trinajstić information content (AvgIpc) is 3.96. The first-order valence-corrected chi connectivity index (χ1v) is 20.7. The molecule has 5 heterocycles. The van der Waals surface area contributed by atoms with Gasteiger partial charge in [-0.1, -0.05) is 140 Å². The highest BCUT2D eigenvalue weighted by molar-refractivity contribution is 7.28. The standard InChI is InChI=1S/C51H28N4S2/c1-2-12-29(13-3-1)45-50(53-46-38-19-9-11-21-42(38)56-51(46)54-45)55-41-20-10-8-18-37(41)43-35-16-6-7-17-36(35)44-39-25-22-31-26-32(23-24-34(31)48(39)57-49(44)47(43)55)40-27-30-14-4-5-15-33(30)28-52-40/h1-28H. The molecule has 8 aromatic carbocycles. The van der Waals surface area contributed by atoms with E-state index in [1.54, 1.807) is 11.3 Å². The van der Waals surface area contributed by atoms with Crippen LogP contribution in [0.2, 0.25) is 0 Å². The first kappa shape index (κ1) is 31.2. The zero-order valence-electron chi connectivity index (χ0n) is 30.3. The molecule has 6 heteroatoms. The fourth-order valence-corrected chi connectivity index (χ4v) is 11.5. The fraction of sp³-hybridized carbons (Fsp3) is 0. The molecular weight excluding hydrogens is 733 g/mol. The van der Waals surface area contributed by atoms with Gasteiger partial charge in [0.15, 0.2) is 5.82 Å². The highest BCUT2D eigenvalue weighted by atomic mass is 32.1. The van der Waals surface area contributed by atoms with Crippen LogP contribution >= 0.6 is 22.7 Å². The zero-order chi connectivity index (χ0) is 37.2. The van der Waals surface area contributed by atoms with Gasteiger partial charge >= 0.3 is 0 Å². The van der Waals surface area contributed by atoms with Crippen molar-refractivity contribution in [3.63, 3.8) is 0 Å². The number of nitrogens with zero attached hydrogens (tertiary/aromatic N) is 4. The second-order valence-corrected chi connectivity index (χ2v) is 16.8. The second kappa shape index (κ2) is 11.8. The number of para-hydroxylation sites is 1. The summed E-state index contributed by atoms with van der Waals surface area (Å²) in [6.07, 6.45) is 1.98. The number of aromatic nitrogens is 4. The van der Waals surface area contributed by atoms with Gasteiger partial charge in [-0.2, -0.15) is 0 Å². The van der Waals surface area contributed by atoms with E-state index >= 15 is 0 Å². The Bertz CT molecular complexity index is 3820. The van der Waals surface area contributed by atoms with Crippen LogP contribution in [0, 0.1) is 0 Å². The maximum atomic E-state index is 5.64. The highest BCUT2D eigenvalue weighted by Crippen LogP contribution is 2.50. The Morgan fingerprint density at radius 1 is 0.456 bits per heavy atom. The van der Waals surface area contributed by atoms with Crippen molar-refractivity contribution >= 4 is 117 Å². The summed E-state index contributed by atoms with van der Waals surface area (Å²) >= 11 is 3.60. The Kier molecular flexibility index (Phi) is 6.45. The lowest BCUT2D eigenvalue weighted by molar-refractivity contribution is 1.09. The van der Waals surface area contributed by atoms with Crippen LogP contribution in [0.3, 0.4) is 0 Å². The number of thiophene rings is 2. The molecule has 0 saturated heterocycles. The van der Waals surface area contributed by atoms with Gasteiger partial charge in [-0.15, -0.1) is 22.7 Å².